The van der Waals surface area contributed by atoms with Crippen LogP contribution in [0.5, 0.6) is 10.8 Å². The minimum atomic E-state index is -0.764. The highest BCUT2D eigenvalue weighted by molar-refractivity contribution is 7.14. The molecule has 102 valence electrons. The highest BCUT2D eigenvalue weighted by Crippen LogP contribution is 2.41. The molecule has 0 aromatic carbocycles. The molecular weight excluding hydrogens is 270 g/mol. The van der Waals surface area contributed by atoms with Crippen molar-refractivity contribution in [3.8, 4) is 10.8 Å². The summed E-state index contributed by atoms with van der Waals surface area (Å²) in [5.41, 5.74) is -0.148. The van der Waals surface area contributed by atoms with Gasteiger partial charge < -0.3 is 9.84 Å². The van der Waals surface area contributed by atoms with E-state index in [1.807, 2.05) is 6.92 Å². The zero-order valence-corrected chi connectivity index (χ0v) is 11.3. The second kappa shape index (κ2) is 5.37. The van der Waals surface area contributed by atoms with Crippen LogP contribution in [0, 0.1) is 10.1 Å². The van der Waals surface area contributed by atoms with Gasteiger partial charge in [-0.1, -0.05) is 11.3 Å². The molecule has 2 rings (SSSR count). The summed E-state index contributed by atoms with van der Waals surface area (Å²) in [4.78, 5) is 10.9. The van der Waals surface area contributed by atoms with E-state index in [0.717, 1.165) is 11.3 Å². The van der Waals surface area contributed by atoms with Gasteiger partial charge in [-0.2, -0.15) is 5.10 Å². The molecule has 8 heteroatoms. The molecular formula is C11H13N3O4S. The van der Waals surface area contributed by atoms with Crippen LogP contribution >= 0.6 is 11.3 Å². The Hall–Kier alpha value is -1.93. The van der Waals surface area contributed by atoms with Crippen molar-refractivity contribution in [3.05, 3.63) is 33.5 Å². The van der Waals surface area contributed by atoms with Crippen LogP contribution in [-0.4, -0.2) is 19.8 Å². The average Bonchev–Trinajstić information content (AvgIpc) is 2.96. The third-order valence-electron chi connectivity index (χ3n) is 2.45. The predicted octanol–water partition coefficient (Wildman–Crippen LogP) is 2.72. The lowest BCUT2D eigenvalue weighted by atomic mass is 10.3. The summed E-state index contributed by atoms with van der Waals surface area (Å²) in [6.07, 6.45) is 2.39. The van der Waals surface area contributed by atoms with Gasteiger partial charge in [0.15, 0.2) is 5.75 Å². The first-order valence-electron chi connectivity index (χ1n) is 5.67. The number of aryl methyl sites for hydroxylation is 1. The van der Waals surface area contributed by atoms with Crippen LogP contribution in [0.3, 0.4) is 0 Å². The summed E-state index contributed by atoms with van der Waals surface area (Å²) in [7, 11) is 0. The molecule has 1 N–H and O–H groups in total. The van der Waals surface area contributed by atoms with E-state index in [-0.39, 0.29) is 10.8 Å². The molecule has 0 aliphatic rings. The molecule has 0 amide bonds. The molecule has 0 aliphatic carbocycles. The summed E-state index contributed by atoms with van der Waals surface area (Å²) >= 11 is 1.06. The Morgan fingerprint density at radius 1 is 1.68 bits per heavy atom. The summed E-state index contributed by atoms with van der Waals surface area (Å²) < 4.78 is 7.12. The van der Waals surface area contributed by atoms with Crippen molar-refractivity contribution in [2.45, 2.75) is 26.5 Å². The molecule has 0 aliphatic heterocycles. The van der Waals surface area contributed by atoms with Crippen molar-refractivity contribution in [3.63, 3.8) is 0 Å². The lowest BCUT2D eigenvalue weighted by Crippen LogP contribution is -1.92. The Labute approximate surface area is 113 Å². The normalized spacial score (nSPS) is 12.4. The van der Waals surface area contributed by atoms with E-state index in [2.05, 4.69) is 5.10 Å². The number of nitro groups is 1. The van der Waals surface area contributed by atoms with Crippen molar-refractivity contribution >= 4 is 17.0 Å². The standard InChI is InChI=1S/C11H13N3O4S/c1-3-13-6-8(5-12-13)18-11-9(14(16)17)4-10(19-11)7(2)15/h4-7,15H,3H2,1-2H3/t7-/m1/s1. The van der Waals surface area contributed by atoms with Crippen molar-refractivity contribution in [2.24, 2.45) is 0 Å². The predicted molar refractivity (Wildman–Crippen MR) is 69.6 cm³/mol. The number of nitrogens with zero attached hydrogens (tertiary/aromatic N) is 3. The smallest absolute Gasteiger partial charge is 0.323 e. The number of aliphatic hydroxyl groups excluding tert-OH is 1. The molecule has 2 heterocycles. The maximum atomic E-state index is 10.9. The summed E-state index contributed by atoms with van der Waals surface area (Å²) in [5, 5.41) is 24.6. The largest absolute Gasteiger partial charge is 0.437 e. The average molecular weight is 283 g/mol. The highest BCUT2D eigenvalue weighted by atomic mass is 32.1. The molecule has 0 radical (unpaired) electrons. The Morgan fingerprint density at radius 2 is 2.42 bits per heavy atom. The van der Waals surface area contributed by atoms with Gasteiger partial charge in [-0.3, -0.25) is 14.8 Å². The first kappa shape index (κ1) is 13.5. The molecule has 0 spiro atoms. The zero-order chi connectivity index (χ0) is 14.0. The quantitative estimate of drug-likeness (QED) is 0.673. The van der Waals surface area contributed by atoms with Gasteiger partial charge in [-0.25, -0.2) is 0 Å². The fourth-order valence-corrected chi connectivity index (χ4v) is 2.40. The van der Waals surface area contributed by atoms with Gasteiger partial charge >= 0.3 is 5.69 Å². The van der Waals surface area contributed by atoms with E-state index in [0.29, 0.717) is 17.2 Å². The first-order valence-corrected chi connectivity index (χ1v) is 6.49. The minimum absolute atomic E-state index is 0.148. The third kappa shape index (κ3) is 2.91. The topological polar surface area (TPSA) is 90.4 Å². The maximum Gasteiger partial charge on any atom is 0.323 e. The van der Waals surface area contributed by atoms with E-state index in [1.165, 1.54) is 12.3 Å². The van der Waals surface area contributed by atoms with E-state index in [1.54, 1.807) is 17.8 Å². The number of thiophene rings is 1. The lowest BCUT2D eigenvalue weighted by molar-refractivity contribution is -0.385. The van der Waals surface area contributed by atoms with Gasteiger partial charge in [0, 0.05) is 17.5 Å². The van der Waals surface area contributed by atoms with E-state index in [9.17, 15) is 15.2 Å². The number of aliphatic hydroxyl groups is 1. The molecule has 19 heavy (non-hydrogen) atoms. The lowest BCUT2D eigenvalue weighted by Gasteiger charge is -1.98. The number of rotatable bonds is 5. The van der Waals surface area contributed by atoms with Crippen molar-refractivity contribution in [1.82, 2.24) is 9.78 Å². The molecule has 0 fully saturated rings. The Morgan fingerprint density at radius 3 is 2.95 bits per heavy atom. The van der Waals surface area contributed by atoms with Gasteiger partial charge in [0.2, 0.25) is 0 Å². The second-order valence-corrected chi connectivity index (χ2v) is 4.93. The molecule has 0 saturated heterocycles. The number of aromatic nitrogens is 2. The van der Waals surface area contributed by atoms with Crippen LogP contribution in [0.4, 0.5) is 5.69 Å². The second-order valence-electron chi connectivity index (χ2n) is 3.89. The Kier molecular flexibility index (Phi) is 3.82. The SMILES string of the molecule is CCn1cc(Oc2sc([C@@H](C)O)cc2[N+](=O)[O-])cn1. The van der Waals surface area contributed by atoms with E-state index < -0.39 is 11.0 Å². The molecule has 7 nitrogen and oxygen atoms in total. The minimum Gasteiger partial charge on any atom is -0.437 e. The molecule has 0 bridgehead atoms. The fraction of sp³-hybridized carbons (Fsp3) is 0.364. The van der Waals surface area contributed by atoms with Gasteiger partial charge in [0.25, 0.3) is 5.06 Å². The number of hydrogen-bond acceptors (Lipinski definition) is 6. The van der Waals surface area contributed by atoms with Crippen LogP contribution in [-0.2, 0) is 6.54 Å². The van der Waals surface area contributed by atoms with Crippen LogP contribution in [0.15, 0.2) is 18.5 Å². The van der Waals surface area contributed by atoms with Gasteiger partial charge in [0.1, 0.15) is 0 Å². The molecule has 2 aromatic heterocycles. The van der Waals surface area contributed by atoms with Gasteiger partial charge in [-0.05, 0) is 13.8 Å². The summed E-state index contributed by atoms with van der Waals surface area (Å²) in [6.45, 7) is 4.17. The Balaban J connectivity index is 2.30. The van der Waals surface area contributed by atoms with Crippen molar-refractivity contribution in [2.75, 3.05) is 0 Å². The van der Waals surface area contributed by atoms with Crippen LogP contribution < -0.4 is 4.74 Å². The maximum absolute atomic E-state index is 10.9. The Bertz CT molecular complexity index is 591. The molecule has 0 unspecified atom stereocenters. The first-order chi connectivity index (χ1) is 9.01. The number of ether oxygens (including phenoxy) is 1. The fourth-order valence-electron chi connectivity index (χ4n) is 1.47. The summed E-state index contributed by atoms with van der Waals surface area (Å²) in [6, 6.07) is 1.33. The van der Waals surface area contributed by atoms with E-state index in [4.69, 9.17) is 4.74 Å². The van der Waals surface area contributed by atoms with Crippen LogP contribution in [0.1, 0.15) is 24.8 Å². The molecule has 2 aromatic rings. The monoisotopic (exact) mass is 283 g/mol. The molecule has 1 atom stereocenters. The zero-order valence-electron chi connectivity index (χ0n) is 10.4. The van der Waals surface area contributed by atoms with Crippen LogP contribution in [0.25, 0.3) is 0 Å². The van der Waals surface area contributed by atoms with Crippen molar-refractivity contribution in [1.29, 1.82) is 0 Å². The molecule has 0 saturated carbocycles. The third-order valence-corrected chi connectivity index (χ3v) is 3.62. The summed E-state index contributed by atoms with van der Waals surface area (Å²) in [5.74, 6) is 0.434. The van der Waals surface area contributed by atoms with Gasteiger partial charge in [0.05, 0.1) is 23.4 Å². The van der Waals surface area contributed by atoms with Gasteiger partial charge in [-0.15, -0.1) is 0 Å². The van der Waals surface area contributed by atoms with Crippen molar-refractivity contribution < 1.29 is 14.8 Å². The highest BCUT2D eigenvalue weighted by Gasteiger charge is 2.23. The number of hydrogen-bond donors (Lipinski definition) is 1. The van der Waals surface area contributed by atoms with E-state index >= 15 is 0 Å². The van der Waals surface area contributed by atoms with Crippen LogP contribution in [0.2, 0.25) is 0 Å².